The summed E-state index contributed by atoms with van der Waals surface area (Å²) in [5.41, 5.74) is 0. The highest BCUT2D eigenvalue weighted by Crippen LogP contribution is 2.21. The van der Waals surface area contributed by atoms with Gasteiger partial charge in [-0.05, 0) is 25.3 Å². The molecule has 16 heavy (non-hydrogen) atoms. The van der Waals surface area contributed by atoms with Crippen molar-refractivity contribution in [3.63, 3.8) is 0 Å². The van der Waals surface area contributed by atoms with Crippen LogP contribution in [-0.2, 0) is 17.7 Å². The van der Waals surface area contributed by atoms with E-state index in [1.165, 1.54) is 22.7 Å². The van der Waals surface area contributed by atoms with Crippen LogP contribution in [-0.4, -0.2) is 24.7 Å². The highest BCUT2D eigenvalue weighted by atomic mass is 32.1. The topological polar surface area (TPSA) is 34.2 Å². The molecule has 0 spiro atoms. The van der Waals surface area contributed by atoms with Gasteiger partial charge in [0.2, 0.25) is 0 Å². The zero-order chi connectivity index (χ0) is 11.2. The molecule has 0 radical (unpaired) electrons. The first-order chi connectivity index (χ1) is 7.88. The van der Waals surface area contributed by atoms with E-state index in [0.29, 0.717) is 5.92 Å². The lowest BCUT2D eigenvalue weighted by Gasteiger charge is -2.02. The Balaban J connectivity index is 1.77. The molecule has 1 N–H and O–H groups in total. The van der Waals surface area contributed by atoms with Crippen molar-refractivity contribution in [3.8, 4) is 0 Å². The molecular formula is C12H20N2OS. The molecule has 1 unspecified atom stereocenters. The molecule has 0 aromatic carbocycles. The predicted molar refractivity (Wildman–Crippen MR) is 66.7 cm³/mol. The molecule has 1 aliphatic heterocycles. The number of aromatic nitrogens is 1. The molecule has 1 aromatic heterocycles. The van der Waals surface area contributed by atoms with Gasteiger partial charge >= 0.3 is 0 Å². The Hall–Kier alpha value is -0.450. The Morgan fingerprint density at radius 1 is 1.62 bits per heavy atom. The van der Waals surface area contributed by atoms with Gasteiger partial charge in [-0.15, -0.1) is 11.3 Å². The van der Waals surface area contributed by atoms with Gasteiger partial charge in [-0.1, -0.05) is 6.92 Å². The van der Waals surface area contributed by atoms with Gasteiger partial charge in [0.05, 0.1) is 5.01 Å². The van der Waals surface area contributed by atoms with Gasteiger partial charge in [0.25, 0.3) is 0 Å². The molecule has 0 amide bonds. The number of ether oxygens (including phenoxy) is 1. The molecule has 1 aliphatic rings. The average molecular weight is 240 g/mol. The molecule has 90 valence electrons. The third kappa shape index (κ3) is 3.54. The van der Waals surface area contributed by atoms with Crippen molar-refractivity contribution < 1.29 is 4.74 Å². The quantitative estimate of drug-likeness (QED) is 0.774. The lowest BCUT2D eigenvalue weighted by Crippen LogP contribution is -2.12. The van der Waals surface area contributed by atoms with Crippen LogP contribution in [0.5, 0.6) is 0 Å². The van der Waals surface area contributed by atoms with Crippen LogP contribution >= 0.6 is 11.3 Å². The Morgan fingerprint density at radius 3 is 3.31 bits per heavy atom. The molecule has 1 fully saturated rings. The van der Waals surface area contributed by atoms with E-state index in [2.05, 4.69) is 17.2 Å². The van der Waals surface area contributed by atoms with E-state index < -0.39 is 0 Å². The first-order valence-electron chi connectivity index (χ1n) is 6.10. The zero-order valence-electron chi connectivity index (χ0n) is 9.87. The van der Waals surface area contributed by atoms with Crippen LogP contribution in [0.15, 0.2) is 6.20 Å². The Kier molecular flexibility index (Phi) is 4.75. The third-order valence-corrected chi connectivity index (χ3v) is 3.83. The van der Waals surface area contributed by atoms with E-state index in [-0.39, 0.29) is 0 Å². The highest BCUT2D eigenvalue weighted by Gasteiger charge is 2.17. The molecule has 2 heterocycles. The number of nitrogens with zero attached hydrogens (tertiary/aromatic N) is 1. The summed E-state index contributed by atoms with van der Waals surface area (Å²) in [6, 6.07) is 0. The minimum absolute atomic E-state index is 0.697. The van der Waals surface area contributed by atoms with Crippen LogP contribution in [0.2, 0.25) is 0 Å². The van der Waals surface area contributed by atoms with Crippen molar-refractivity contribution >= 4 is 11.3 Å². The normalized spacial score (nSPS) is 20.4. The maximum atomic E-state index is 5.38. The summed E-state index contributed by atoms with van der Waals surface area (Å²) in [7, 11) is 0. The summed E-state index contributed by atoms with van der Waals surface area (Å²) in [5, 5.41) is 4.67. The van der Waals surface area contributed by atoms with E-state index in [9.17, 15) is 0 Å². The molecule has 1 aromatic rings. The van der Waals surface area contributed by atoms with Crippen molar-refractivity contribution in [2.75, 3.05) is 19.8 Å². The van der Waals surface area contributed by atoms with Crippen molar-refractivity contribution in [1.29, 1.82) is 0 Å². The summed E-state index contributed by atoms with van der Waals surface area (Å²) in [5.74, 6) is 0.697. The maximum Gasteiger partial charge on any atom is 0.0931 e. The molecular weight excluding hydrogens is 220 g/mol. The van der Waals surface area contributed by atoms with E-state index in [4.69, 9.17) is 4.74 Å². The second-order valence-electron chi connectivity index (χ2n) is 4.33. The van der Waals surface area contributed by atoms with Gasteiger partial charge < -0.3 is 10.1 Å². The smallest absolute Gasteiger partial charge is 0.0931 e. The fraction of sp³-hybridized carbons (Fsp3) is 0.750. The van der Waals surface area contributed by atoms with Gasteiger partial charge in [-0.2, -0.15) is 0 Å². The average Bonchev–Trinajstić information content (AvgIpc) is 2.91. The summed E-state index contributed by atoms with van der Waals surface area (Å²) < 4.78 is 5.38. The molecule has 3 nitrogen and oxygen atoms in total. The van der Waals surface area contributed by atoms with E-state index in [1.54, 1.807) is 0 Å². The van der Waals surface area contributed by atoms with Crippen molar-refractivity contribution in [1.82, 2.24) is 10.3 Å². The standard InChI is InChI=1S/C12H20N2OS/c1-2-4-13-7-11-8-14-12(16-11)6-10-3-5-15-9-10/h8,10,13H,2-7,9H2,1H3. The van der Waals surface area contributed by atoms with Gasteiger partial charge in [0.15, 0.2) is 0 Å². The number of hydrogen-bond donors (Lipinski definition) is 1. The number of hydrogen-bond acceptors (Lipinski definition) is 4. The third-order valence-electron chi connectivity index (χ3n) is 2.81. The number of thiazole rings is 1. The SMILES string of the molecule is CCCNCc1cnc(CC2CCOC2)s1. The zero-order valence-corrected chi connectivity index (χ0v) is 10.7. The molecule has 1 saturated heterocycles. The molecule has 1 atom stereocenters. The van der Waals surface area contributed by atoms with Gasteiger partial charge in [0, 0.05) is 37.3 Å². The van der Waals surface area contributed by atoms with E-state index >= 15 is 0 Å². The van der Waals surface area contributed by atoms with Gasteiger partial charge in [0.1, 0.15) is 0 Å². The first kappa shape index (κ1) is 12.0. The van der Waals surface area contributed by atoms with Crippen LogP contribution in [0.3, 0.4) is 0 Å². The molecule has 0 aliphatic carbocycles. The van der Waals surface area contributed by atoms with Crippen LogP contribution < -0.4 is 5.32 Å². The first-order valence-corrected chi connectivity index (χ1v) is 6.92. The fourth-order valence-corrected chi connectivity index (χ4v) is 2.91. The minimum atomic E-state index is 0.697. The molecule has 0 bridgehead atoms. The van der Waals surface area contributed by atoms with E-state index in [0.717, 1.165) is 32.7 Å². The van der Waals surface area contributed by atoms with Crippen LogP contribution in [0.1, 0.15) is 29.7 Å². The van der Waals surface area contributed by atoms with Gasteiger partial charge in [-0.3, -0.25) is 0 Å². The minimum Gasteiger partial charge on any atom is -0.381 e. The number of nitrogens with one attached hydrogen (secondary N) is 1. The van der Waals surface area contributed by atoms with Crippen LogP contribution in [0.4, 0.5) is 0 Å². The van der Waals surface area contributed by atoms with Crippen LogP contribution in [0, 0.1) is 5.92 Å². The Morgan fingerprint density at radius 2 is 2.56 bits per heavy atom. The van der Waals surface area contributed by atoms with Gasteiger partial charge in [-0.25, -0.2) is 4.98 Å². The highest BCUT2D eigenvalue weighted by molar-refractivity contribution is 7.11. The largest absolute Gasteiger partial charge is 0.381 e. The van der Waals surface area contributed by atoms with Crippen LogP contribution in [0.25, 0.3) is 0 Å². The molecule has 2 rings (SSSR count). The second kappa shape index (κ2) is 6.33. The number of rotatable bonds is 6. The Labute approximate surface area is 101 Å². The van der Waals surface area contributed by atoms with E-state index in [1.807, 2.05) is 17.5 Å². The lowest BCUT2D eigenvalue weighted by atomic mass is 10.1. The summed E-state index contributed by atoms with van der Waals surface area (Å²) >= 11 is 1.84. The fourth-order valence-electron chi connectivity index (χ4n) is 1.90. The van der Waals surface area contributed by atoms with Crippen molar-refractivity contribution in [2.45, 2.75) is 32.7 Å². The lowest BCUT2D eigenvalue weighted by molar-refractivity contribution is 0.186. The summed E-state index contributed by atoms with van der Waals surface area (Å²) in [4.78, 5) is 5.83. The Bertz CT molecular complexity index is 308. The molecule has 0 saturated carbocycles. The summed E-state index contributed by atoms with van der Waals surface area (Å²) in [6.07, 6.45) is 5.49. The molecule has 4 heteroatoms. The monoisotopic (exact) mass is 240 g/mol. The predicted octanol–water partition coefficient (Wildman–Crippen LogP) is 2.22. The van der Waals surface area contributed by atoms with Crippen molar-refractivity contribution in [2.24, 2.45) is 5.92 Å². The maximum absolute atomic E-state index is 5.38. The summed E-state index contributed by atoms with van der Waals surface area (Å²) in [6.45, 7) is 6.09. The van der Waals surface area contributed by atoms with Crippen molar-refractivity contribution in [3.05, 3.63) is 16.1 Å². The second-order valence-corrected chi connectivity index (χ2v) is 5.53.